The zero-order chi connectivity index (χ0) is 14.2. The molecule has 0 aromatic heterocycles. The smallest absolute Gasteiger partial charge is 0.0964 e. The molecule has 2 radical (unpaired) electrons. The molecule has 0 fully saturated rings. The molecule has 0 N–H and O–H groups in total. The van der Waals surface area contributed by atoms with Gasteiger partial charge in [0.2, 0.25) is 0 Å². The van der Waals surface area contributed by atoms with Gasteiger partial charge in [0.1, 0.15) is 7.85 Å². The molecule has 1 aromatic carbocycles. The van der Waals surface area contributed by atoms with Gasteiger partial charge in [0, 0.05) is 0 Å². The second kappa shape index (κ2) is 8.40. The number of hydrogen-bond donors (Lipinski definition) is 0. The molecule has 0 heterocycles. The second-order valence-corrected chi connectivity index (χ2v) is 4.68. The molecule has 2 rings (SSSR count). The Hall–Kier alpha value is -0.715. The summed E-state index contributed by atoms with van der Waals surface area (Å²) >= 11 is 0. The van der Waals surface area contributed by atoms with Crippen LogP contribution in [-0.2, 0) is 11.8 Å². The Kier molecular flexibility index (Phi) is 8.06. The number of rotatable bonds is 1. The largest absolute Gasteiger partial charge is 0.113 e. The lowest BCUT2D eigenvalue weighted by atomic mass is 9.68. The van der Waals surface area contributed by atoms with E-state index in [0.29, 0.717) is 5.41 Å². The minimum Gasteiger partial charge on any atom is -0.0964 e. The summed E-state index contributed by atoms with van der Waals surface area (Å²) in [6.07, 6.45) is 5.07. The van der Waals surface area contributed by atoms with Crippen molar-refractivity contribution in [2.45, 2.75) is 72.6 Å². The van der Waals surface area contributed by atoms with Crippen molar-refractivity contribution in [2.24, 2.45) is 0 Å². The summed E-state index contributed by atoms with van der Waals surface area (Å²) in [5.74, 6) is 0. The Balaban J connectivity index is 0.000000659. The van der Waals surface area contributed by atoms with E-state index in [1.54, 1.807) is 0 Å². The highest BCUT2D eigenvalue weighted by Crippen LogP contribution is 2.38. The van der Waals surface area contributed by atoms with Crippen LogP contribution in [0.25, 0.3) is 0 Å². The molecule has 0 bridgehead atoms. The topological polar surface area (TPSA) is 0 Å². The fourth-order valence-electron chi connectivity index (χ4n) is 2.54. The van der Waals surface area contributed by atoms with Crippen molar-refractivity contribution in [3.63, 3.8) is 0 Å². The van der Waals surface area contributed by atoms with E-state index >= 15 is 0 Å². The minimum atomic E-state index is 0.364. The molecule has 0 nitrogen and oxygen atoms in total. The summed E-state index contributed by atoms with van der Waals surface area (Å²) in [7, 11) is 5.86. The number of fused-ring (bicyclic) bond motifs is 1. The van der Waals surface area contributed by atoms with Crippen molar-refractivity contribution in [2.75, 3.05) is 0 Å². The van der Waals surface area contributed by atoms with Gasteiger partial charge in [-0.1, -0.05) is 65.2 Å². The van der Waals surface area contributed by atoms with Crippen molar-refractivity contribution in [3.05, 3.63) is 29.3 Å². The summed E-state index contributed by atoms with van der Waals surface area (Å²) in [6.45, 7) is 12.6. The zero-order valence-corrected chi connectivity index (χ0v) is 13.1. The van der Waals surface area contributed by atoms with Crippen LogP contribution in [0.5, 0.6) is 0 Å². The molecule has 0 aliphatic heterocycles. The van der Waals surface area contributed by atoms with E-state index in [4.69, 9.17) is 7.85 Å². The normalized spacial score (nSPS) is 20.8. The minimum absolute atomic E-state index is 0.364. The summed E-state index contributed by atoms with van der Waals surface area (Å²) < 4.78 is 0. The summed E-state index contributed by atoms with van der Waals surface area (Å²) in [5, 5.41) is 0. The van der Waals surface area contributed by atoms with E-state index in [2.05, 4.69) is 26.0 Å². The molecule has 1 heteroatoms. The monoisotopic (exact) mass is 244 g/mol. The van der Waals surface area contributed by atoms with Crippen LogP contribution in [0, 0.1) is 0 Å². The molecule has 1 aromatic rings. The number of benzene rings is 1. The van der Waals surface area contributed by atoms with Gasteiger partial charge >= 0.3 is 0 Å². The maximum atomic E-state index is 5.86. The Bertz CT molecular complexity index is 343. The van der Waals surface area contributed by atoms with Gasteiger partial charge in [0.25, 0.3) is 0 Å². The second-order valence-electron chi connectivity index (χ2n) is 4.68. The van der Waals surface area contributed by atoms with Crippen molar-refractivity contribution in [1.29, 1.82) is 0 Å². The molecule has 1 unspecified atom stereocenters. The highest BCUT2D eigenvalue weighted by atomic mass is 14.3. The maximum Gasteiger partial charge on any atom is 0.113 e. The summed E-state index contributed by atoms with van der Waals surface area (Å²) in [5.41, 5.74) is 4.27. The van der Waals surface area contributed by atoms with E-state index in [-0.39, 0.29) is 0 Å². The van der Waals surface area contributed by atoms with Crippen LogP contribution in [0.15, 0.2) is 18.2 Å². The summed E-state index contributed by atoms with van der Waals surface area (Å²) in [6, 6.07) is 6.41. The van der Waals surface area contributed by atoms with Crippen LogP contribution in [0.2, 0.25) is 0 Å². The summed E-state index contributed by atoms with van der Waals surface area (Å²) in [4.78, 5) is 0. The third kappa shape index (κ3) is 3.90. The van der Waals surface area contributed by atoms with Gasteiger partial charge in [0.05, 0.1) is 0 Å². The Morgan fingerprint density at radius 1 is 1.17 bits per heavy atom. The number of aryl methyl sites for hydroxylation is 1. The maximum absolute atomic E-state index is 5.86. The van der Waals surface area contributed by atoms with Gasteiger partial charge in [-0.05, 0) is 42.2 Å². The van der Waals surface area contributed by atoms with Gasteiger partial charge in [-0.3, -0.25) is 0 Å². The molecular weight excluding hydrogens is 215 g/mol. The molecule has 0 amide bonds. The zero-order valence-electron chi connectivity index (χ0n) is 13.1. The first kappa shape index (κ1) is 17.3. The molecule has 0 spiro atoms. The molecule has 0 saturated heterocycles. The Labute approximate surface area is 116 Å². The van der Waals surface area contributed by atoms with Crippen LogP contribution in [0.3, 0.4) is 0 Å². The van der Waals surface area contributed by atoms with Crippen molar-refractivity contribution >= 4 is 13.3 Å². The fourth-order valence-corrected chi connectivity index (χ4v) is 2.54. The molecule has 0 saturated carbocycles. The standard InChI is InChI=1S/C13H17B.2C2H6/c1-3-13(2)8-4-5-10-6-7-11(14)9-12(10)13;2*1-2/h6-7,9H,3-5,8H2,1-2H3;2*1-2H3. The lowest BCUT2D eigenvalue weighted by molar-refractivity contribution is 0.382. The van der Waals surface area contributed by atoms with E-state index in [1.807, 2.05) is 33.8 Å². The van der Waals surface area contributed by atoms with Crippen LogP contribution in [0.1, 0.15) is 71.9 Å². The fraction of sp³-hybridized carbons (Fsp3) is 0.647. The first-order valence-electron chi connectivity index (χ1n) is 7.54. The average molecular weight is 244 g/mol. The first-order valence-corrected chi connectivity index (χ1v) is 7.54. The van der Waals surface area contributed by atoms with Crippen LogP contribution in [0.4, 0.5) is 0 Å². The van der Waals surface area contributed by atoms with Crippen molar-refractivity contribution in [3.8, 4) is 0 Å². The van der Waals surface area contributed by atoms with Gasteiger partial charge in [-0.25, -0.2) is 0 Å². The molecule has 1 aliphatic rings. The third-order valence-electron chi connectivity index (χ3n) is 3.74. The predicted molar refractivity (Wildman–Crippen MR) is 85.1 cm³/mol. The van der Waals surface area contributed by atoms with E-state index in [9.17, 15) is 0 Å². The number of hydrogen-bond acceptors (Lipinski definition) is 0. The molecular formula is C17H29B. The SMILES string of the molecule is CC.CC.[B]c1ccc2c(c1)C(C)(CC)CCC2. The Morgan fingerprint density at radius 2 is 1.78 bits per heavy atom. The van der Waals surface area contributed by atoms with Gasteiger partial charge in [-0.2, -0.15) is 0 Å². The quantitative estimate of drug-likeness (QED) is 0.636. The highest BCUT2D eigenvalue weighted by molar-refractivity contribution is 6.32. The third-order valence-corrected chi connectivity index (χ3v) is 3.74. The van der Waals surface area contributed by atoms with E-state index < -0.39 is 0 Å². The predicted octanol–water partition coefficient (Wildman–Crippen LogP) is 4.54. The highest BCUT2D eigenvalue weighted by Gasteiger charge is 2.29. The Morgan fingerprint density at radius 3 is 2.33 bits per heavy atom. The molecule has 18 heavy (non-hydrogen) atoms. The van der Waals surface area contributed by atoms with Gasteiger partial charge in [-0.15, -0.1) is 0 Å². The van der Waals surface area contributed by atoms with Crippen LogP contribution >= 0.6 is 0 Å². The van der Waals surface area contributed by atoms with E-state index in [0.717, 1.165) is 5.46 Å². The van der Waals surface area contributed by atoms with Crippen LogP contribution < -0.4 is 5.46 Å². The van der Waals surface area contributed by atoms with E-state index in [1.165, 1.54) is 36.8 Å². The first-order chi connectivity index (χ1) is 8.65. The van der Waals surface area contributed by atoms with Crippen molar-refractivity contribution < 1.29 is 0 Å². The lowest BCUT2D eigenvalue weighted by Crippen LogP contribution is -2.28. The van der Waals surface area contributed by atoms with Crippen LogP contribution in [-0.4, -0.2) is 7.85 Å². The van der Waals surface area contributed by atoms with Gasteiger partial charge < -0.3 is 0 Å². The molecule has 1 atom stereocenters. The van der Waals surface area contributed by atoms with Crippen molar-refractivity contribution in [1.82, 2.24) is 0 Å². The molecule has 1 aliphatic carbocycles. The lowest BCUT2D eigenvalue weighted by Gasteiger charge is -2.35. The molecule has 100 valence electrons. The average Bonchev–Trinajstić information content (AvgIpc) is 2.44. The van der Waals surface area contributed by atoms with Gasteiger partial charge in [0.15, 0.2) is 0 Å².